The summed E-state index contributed by atoms with van der Waals surface area (Å²) in [6, 6.07) is 11.4. The number of rotatable bonds is 6. The van der Waals surface area contributed by atoms with Crippen LogP contribution in [0.15, 0.2) is 42.5 Å². The van der Waals surface area contributed by atoms with Crippen molar-refractivity contribution < 1.29 is 23.9 Å². The Balaban J connectivity index is 2.04. The highest BCUT2D eigenvalue weighted by Crippen LogP contribution is 2.16. The van der Waals surface area contributed by atoms with Crippen LogP contribution in [0.25, 0.3) is 0 Å². The van der Waals surface area contributed by atoms with Crippen LogP contribution in [0.4, 0.5) is 4.39 Å². The van der Waals surface area contributed by atoms with E-state index < -0.39 is 12.9 Å². The minimum atomic E-state index is -1.68. The Morgan fingerprint density at radius 3 is 2.57 bits per heavy atom. The monoisotopic (exact) mass is 290 g/mol. The van der Waals surface area contributed by atoms with E-state index in [0.717, 1.165) is 11.6 Å². The van der Waals surface area contributed by atoms with Crippen molar-refractivity contribution >= 4 is 12.6 Å². The van der Waals surface area contributed by atoms with E-state index >= 15 is 0 Å². The molecular formula is C15H16BFO4. The van der Waals surface area contributed by atoms with Crippen molar-refractivity contribution in [3.05, 3.63) is 59.4 Å². The molecule has 0 radical (unpaired) electrons. The Hall–Kier alpha value is -1.89. The predicted octanol–water partition coefficient (Wildman–Crippen LogP) is 1.23. The number of benzene rings is 2. The molecule has 110 valence electrons. The lowest BCUT2D eigenvalue weighted by atomic mass is 9.80. The molecular weight excluding hydrogens is 274 g/mol. The van der Waals surface area contributed by atoms with Gasteiger partial charge in [0.1, 0.15) is 18.2 Å². The first-order valence-electron chi connectivity index (χ1n) is 6.45. The Bertz CT molecular complexity index is 604. The lowest BCUT2D eigenvalue weighted by Crippen LogP contribution is -2.30. The summed E-state index contributed by atoms with van der Waals surface area (Å²) in [6.07, 6.45) is 0. The summed E-state index contributed by atoms with van der Waals surface area (Å²) in [4.78, 5) is 0. The van der Waals surface area contributed by atoms with Crippen LogP contribution < -0.4 is 10.2 Å². The second-order valence-corrected chi connectivity index (χ2v) is 4.59. The molecule has 0 saturated carbocycles. The van der Waals surface area contributed by atoms with Crippen LogP contribution in [0.1, 0.15) is 11.1 Å². The van der Waals surface area contributed by atoms with E-state index in [0.29, 0.717) is 17.9 Å². The van der Waals surface area contributed by atoms with E-state index in [2.05, 4.69) is 0 Å². The third-order valence-corrected chi connectivity index (χ3v) is 2.98. The molecule has 0 atom stereocenters. The van der Waals surface area contributed by atoms with Gasteiger partial charge in [0, 0.05) is 12.7 Å². The number of halogens is 1. The van der Waals surface area contributed by atoms with Crippen molar-refractivity contribution in [1.82, 2.24) is 0 Å². The zero-order valence-corrected chi connectivity index (χ0v) is 11.6. The quantitative estimate of drug-likeness (QED) is 0.786. The lowest BCUT2D eigenvalue weighted by Gasteiger charge is -2.09. The van der Waals surface area contributed by atoms with E-state index in [-0.39, 0.29) is 12.1 Å². The summed E-state index contributed by atoms with van der Waals surface area (Å²) < 4.78 is 24.4. The summed E-state index contributed by atoms with van der Waals surface area (Å²) in [5, 5.41) is 17.9. The van der Waals surface area contributed by atoms with Gasteiger partial charge < -0.3 is 19.5 Å². The Labute approximate surface area is 122 Å². The minimum absolute atomic E-state index is 0.0596. The molecule has 0 aromatic heterocycles. The molecule has 0 aliphatic rings. The van der Waals surface area contributed by atoms with Crippen molar-refractivity contribution in [1.29, 1.82) is 0 Å². The van der Waals surface area contributed by atoms with Gasteiger partial charge in [-0.3, -0.25) is 0 Å². The molecule has 21 heavy (non-hydrogen) atoms. The second kappa shape index (κ2) is 7.22. The molecule has 2 rings (SSSR count). The van der Waals surface area contributed by atoms with Gasteiger partial charge in [-0.2, -0.15) is 0 Å². The summed E-state index contributed by atoms with van der Waals surface area (Å²) in [5.41, 5.74) is 1.42. The first-order chi connectivity index (χ1) is 10.1. The fraction of sp³-hybridized carbons (Fsp3) is 0.200. The molecule has 6 heteroatoms. The van der Waals surface area contributed by atoms with Gasteiger partial charge in [0.05, 0.1) is 6.61 Å². The van der Waals surface area contributed by atoms with Gasteiger partial charge >= 0.3 is 7.12 Å². The number of hydrogen-bond donors (Lipinski definition) is 2. The summed E-state index contributed by atoms with van der Waals surface area (Å²) >= 11 is 0. The highest BCUT2D eigenvalue weighted by molar-refractivity contribution is 6.58. The highest BCUT2D eigenvalue weighted by atomic mass is 19.1. The molecule has 0 bridgehead atoms. The van der Waals surface area contributed by atoms with Crippen LogP contribution >= 0.6 is 0 Å². The van der Waals surface area contributed by atoms with E-state index in [1.54, 1.807) is 13.2 Å². The Kier molecular flexibility index (Phi) is 5.33. The maximum absolute atomic E-state index is 13.8. The predicted molar refractivity (Wildman–Crippen MR) is 77.7 cm³/mol. The number of ether oxygens (including phenoxy) is 2. The molecule has 0 aliphatic heterocycles. The van der Waals surface area contributed by atoms with Gasteiger partial charge in [0.25, 0.3) is 0 Å². The zero-order chi connectivity index (χ0) is 15.2. The van der Waals surface area contributed by atoms with Crippen LogP contribution in [-0.2, 0) is 18.0 Å². The fourth-order valence-electron chi connectivity index (χ4n) is 1.89. The molecule has 0 saturated heterocycles. The van der Waals surface area contributed by atoms with E-state index in [1.807, 2.05) is 18.2 Å². The molecule has 2 aromatic carbocycles. The molecule has 2 N–H and O–H groups in total. The Morgan fingerprint density at radius 2 is 1.90 bits per heavy atom. The van der Waals surface area contributed by atoms with Crippen molar-refractivity contribution in [2.24, 2.45) is 0 Å². The van der Waals surface area contributed by atoms with E-state index in [4.69, 9.17) is 19.5 Å². The molecule has 0 heterocycles. The zero-order valence-electron chi connectivity index (χ0n) is 11.6. The Morgan fingerprint density at radius 1 is 1.10 bits per heavy atom. The lowest BCUT2D eigenvalue weighted by molar-refractivity contribution is 0.184. The molecule has 0 aliphatic carbocycles. The van der Waals surface area contributed by atoms with Crippen molar-refractivity contribution in [3.63, 3.8) is 0 Å². The van der Waals surface area contributed by atoms with Crippen LogP contribution in [0.2, 0.25) is 0 Å². The second-order valence-electron chi connectivity index (χ2n) is 4.59. The third kappa shape index (κ3) is 4.29. The van der Waals surface area contributed by atoms with Crippen molar-refractivity contribution in [2.45, 2.75) is 13.2 Å². The molecule has 0 unspecified atom stereocenters. The van der Waals surface area contributed by atoms with Gasteiger partial charge in [-0.1, -0.05) is 24.3 Å². The van der Waals surface area contributed by atoms with Crippen LogP contribution in [0, 0.1) is 5.82 Å². The van der Waals surface area contributed by atoms with E-state index in [1.165, 1.54) is 12.1 Å². The minimum Gasteiger partial charge on any atom is -0.489 e. The first kappa shape index (κ1) is 15.5. The van der Waals surface area contributed by atoms with Crippen molar-refractivity contribution in [2.75, 3.05) is 7.11 Å². The fourth-order valence-corrected chi connectivity index (χ4v) is 1.89. The molecule has 0 amide bonds. The number of methoxy groups -OCH3 is 1. The normalized spacial score (nSPS) is 10.5. The molecule has 0 spiro atoms. The van der Waals surface area contributed by atoms with Gasteiger partial charge in [0.15, 0.2) is 0 Å². The van der Waals surface area contributed by atoms with Gasteiger partial charge in [0.2, 0.25) is 0 Å². The average molecular weight is 290 g/mol. The first-order valence-corrected chi connectivity index (χ1v) is 6.45. The summed E-state index contributed by atoms with van der Waals surface area (Å²) in [6.45, 7) is 0.540. The van der Waals surface area contributed by atoms with Gasteiger partial charge in [-0.15, -0.1) is 0 Å². The van der Waals surface area contributed by atoms with Crippen LogP contribution in [-0.4, -0.2) is 24.3 Å². The van der Waals surface area contributed by atoms with Crippen LogP contribution in [0.5, 0.6) is 5.75 Å². The third-order valence-electron chi connectivity index (χ3n) is 2.98. The van der Waals surface area contributed by atoms with Gasteiger partial charge in [-0.25, -0.2) is 4.39 Å². The van der Waals surface area contributed by atoms with Crippen molar-refractivity contribution in [3.8, 4) is 5.75 Å². The SMILES string of the molecule is COCc1cccc(OCc2ccc(B(O)O)cc2F)c1. The van der Waals surface area contributed by atoms with E-state index in [9.17, 15) is 4.39 Å². The van der Waals surface area contributed by atoms with Gasteiger partial charge in [-0.05, 0) is 29.2 Å². The highest BCUT2D eigenvalue weighted by Gasteiger charge is 2.13. The topological polar surface area (TPSA) is 58.9 Å². The smallest absolute Gasteiger partial charge is 0.488 e. The molecule has 0 fully saturated rings. The number of hydrogen-bond acceptors (Lipinski definition) is 4. The maximum Gasteiger partial charge on any atom is 0.488 e. The largest absolute Gasteiger partial charge is 0.489 e. The standard InChI is InChI=1S/C15H16BFO4/c1-20-9-11-3-2-4-14(7-11)21-10-12-5-6-13(16(18)19)8-15(12)17/h2-8,18-19H,9-10H2,1H3. The summed E-state index contributed by atoms with van der Waals surface area (Å²) in [5.74, 6) is 0.0869. The maximum atomic E-state index is 13.8. The average Bonchev–Trinajstić information content (AvgIpc) is 2.46. The molecule has 4 nitrogen and oxygen atoms in total. The van der Waals surface area contributed by atoms with Crippen LogP contribution in [0.3, 0.4) is 0 Å². The summed E-state index contributed by atoms with van der Waals surface area (Å²) in [7, 11) is -0.0692. The molecule has 2 aromatic rings.